The molecule has 3 heterocycles. The van der Waals surface area contributed by atoms with Crippen LogP contribution in [0.3, 0.4) is 0 Å². The second-order valence-corrected chi connectivity index (χ2v) is 23.2. The van der Waals surface area contributed by atoms with E-state index in [4.69, 9.17) is 28.4 Å². The summed E-state index contributed by atoms with van der Waals surface area (Å²) in [6.45, 7) is 12.9. The highest BCUT2D eigenvalue weighted by atomic mass is 16.7. The van der Waals surface area contributed by atoms with Crippen molar-refractivity contribution in [1.82, 2.24) is 0 Å². The average Bonchev–Trinajstić information content (AvgIpc) is 3.86. The van der Waals surface area contributed by atoms with Crippen LogP contribution in [0.5, 0.6) is 0 Å². The quantitative estimate of drug-likeness (QED) is 0.103. The van der Waals surface area contributed by atoms with Crippen molar-refractivity contribution in [3.63, 3.8) is 0 Å². The molecule has 8 rings (SSSR count). The van der Waals surface area contributed by atoms with Gasteiger partial charge >= 0.3 is 0 Å². The van der Waals surface area contributed by atoms with Gasteiger partial charge in [-0.25, -0.2) is 0 Å². The van der Waals surface area contributed by atoms with Gasteiger partial charge in [-0.2, -0.15) is 0 Å². The number of aliphatic hydroxyl groups excluding tert-OH is 11. The van der Waals surface area contributed by atoms with E-state index in [-0.39, 0.29) is 58.5 Å². The van der Waals surface area contributed by atoms with Gasteiger partial charge in [0.1, 0.15) is 61.0 Å². The first-order valence-corrected chi connectivity index (χ1v) is 24.3. The van der Waals surface area contributed by atoms with Crippen molar-refractivity contribution in [2.24, 2.45) is 50.7 Å². The molecule has 0 aromatic carbocycles. The third-order valence-corrected chi connectivity index (χ3v) is 19.5. The molecule has 65 heavy (non-hydrogen) atoms. The predicted molar refractivity (Wildman–Crippen MR) is 227 cm³/mol. The highest BCUT2D eigenvalue weighted by Crippen LogP contribution is 2.89. The summed E-state index contributed by atoms with van der Waals surface area (Å²) in [7, 11) is 0. The van der Waals surface area contributed by atoms with Crippen molar-refractivity contribution in [3.05, 3.63) is 0 Å². The van der Waals surface area contributed by atoms with Crippen LogP contribution in [0.4, 0.5) is 0 Å². The largest absolute Gasteiger partial charge is 0.396 e. The molecule has 0 unspecified atom stereocenters. The summed E-state index contributed by atoms with van der Waals surface area (Å²) in [5.41, 5.74) is -2.66. The minimum absolute atomic E-state index is 0.0248. The Morgan fingerprint density at radius 2 is 1.32 bits per heavy atom. The van der Waals surface area contributed by atoms with Crippen LogP contribution >= 0.6 is 0 Å². The van der Waals surface area contributed by atoms with Gasteiger partial charge in [0.15, 0.2) is 18.9 Å². The number of fused-ring (bicyclic) bond motifs is 2. The first kappa shape index (κ1) is 50.7. The van der Waals surface area contributed by atoms with Crippen LogP contribution in [0, 0.1) is 50.7 Å². The summed E-state index contributed by atoms with van der Waals surface area (Å²) < 4.78 is 36.6. The van der Waals surface area contributed by atoms with E-state index in [1.165, 1.54) is 6.92 Å². The second-order valence-electron chi connectivity index (χ2n) is 23.2. The molecule has 12 N–H and O–H groups in total. The standard InChI is InChI=1S/C47H80O18/c1-21(8-11-28(50)42(3,4)59)30-24(63-41-38(58)35(55)33(53)25(64-41)18-61-39-37(57)34(54)31(51)22(2)62-39)16-45(7)27-10-9-26-43(5,20-48)29(65-40-36(56)32(52)23(49)17-60-40)12-13-46(26)19-47(27,46)15-14-44(30,45)6/h21-41,48-59H,8-20H2,1-7H3/t21-,22+,23-,24+,25-,26+,27+,28+,29+,30+,31+,32+,33+,34-,35+,36-,37-,38-,39-,40+,41-,43-,44-,45+,46-,47+/m1/s1. The SMILES string of the molecule is C[C@H](CC[C@H](O)C(C)(C)O)[C@H]1[C@@H](O[C@@H]2O[C@H](CO[C@@H]3O[C@@H](C)[C@H](O)[C@@H](O)[C@H]3O)[C@H](O)[C@H](O)[C@H]2O)C[C@@]2(C)[C@@H]3CC[C@H]4[C@@](C)(CO)[C@@H](O[C@@H]5OC[C@@H](O)[C@H](O)[C@H]5O)CC[C@@]45C[C@@]35CC[C@]12C. The Morgan fingerprint density at radius 3 is 2.00 bits per heavy atom. The molecule has 0 aromatic rings. The van der Waals surface area contributed by atoms with Gasteiger partial charge in [-0.1, -0.05) is 27.7 Å². The van der Waals surface area contributed by atoms with Crippen molar-refractivity contribution in [2.75, 3.05) is 19.8 Å². The van der Waals surface area contributed by atoms with Crippen molar-refractivity contribution < 1.29 is 89.7 Å². The van der Waals surface area contributed by atoms with E-state index in [1.54, 1.807) is 13.8 Å². The van der Waals surface area contributed by atoms with Gasteiger partial charge < -0.3 is 89.7 Å². The Bertz CT molecular complexity index is 1670. The Hall–Kier alpha value is -0.720. The van der Waals surface area contributed by atoms with Crippen molar-refractivity contribution in [3.8, 4) is 0 Å². The molecule has 18 nitrogen and oxygen atoms in total. The third-order valence-electron chi connectivity index (χ3n) is 19.5. The second kappa shape index (κ2) is 17.8. The third kappa shape index (κ3) is 8.01. The Morgan fingerprint density at radius 1 is 0.692 bits per heavy atom. The molecule has 8 fully saturated rings. The molecule has 0 amide bonds. The number of hydrogen-bond donors (Lipinski definition) is 12. The van der Waals surface area contributed by atoms with Crippen molar-refractivity contribution in [2.45, 2.75) is 223 Å². The van der Waals surface area contributed by atoms with Gasteiger partial charge in [-0.05, 0) is 130 Å². The van der Waals surface area contributed by atoms with Crippen LogP contribution in [-0.4, -0.2) is 191 Å². The average molecular weight is 933 g/mol. The van der Waals surface area contributed by atoms with E-state index in [9.17, 15) is 61.3 Å². The fourth-order valence-corrected chi connectivity index (χ4v) is 15.5. The smallest absolute Gasteiger partial charge is 0.186 e. The maximum Gasteiger partial charge on any atom is 0.186 e. The zero-order valence-corrected chi connectivity index (χ0v) is 39.1. The maximum absolute atomic E-state index is 11.5. The summed E-state index contributed by atoms with van der Waals surface area (Å²) in [5, 5.41) is 129. The molecule has 5 saturated carbocycles. The predicted octanol–water partition coefficient (Wildman–Crippen LogP) is -0.583. The summed E-state index contributed by atoms with van der Waals surface area (Å²) in [5.74, 6) is 0.220. The molecule has 3 aliphatic heterocycles. The van der Waals surface area contributed by atoms with Gasteiger partial charge in [-0.15, -0.1) is 0 Å². The highest BCUT2D eigenvalue weighted by molar-refractivity contribution is 5.31. The lowest BCUT2D eigenvalue weighted by atomic mass is 9.41. The van der Waals surface area contributed by atoms with Crippen LogP contribution in [0.15, 0.2) is 0 Å². The zero-order valence-electron chi connectivity index (χ0n) is 39.1. The Labute approximate surface area is 382 Å². The van der Waals surface area contributed by atoms with E-state index >= 15 is 0 Å². The summed E-state index contributed by atoms with van der Waals surface area (Å²) >= 11 is 0. The molecule has 2 spiro atoms. The lowest BCUT2D eigenvalue weighted by molar-refractivity contribution is -0.335. The first-order valence-electron chi connectivity index (χ1n) is 24.3. The van der Waals surface area contributed by atoms with Crippen LogP contribution in [0.25, 0.3) is 0 Å². The van der Waals surface area contributed by atoms with E-state index in [0.29, 0.717) is 25.7 Å². The molecule has 5 aliphatic carbocycles. The normalized spacial score (nSPS) is 55.3. The number of rotatable bonds is 13. The fraction of sp³-hybridized carbons (Fsp3) is 1.00. The minimum atomic E-state index is -1.69. The van der Waals surface area contributed by atoms with E-state index in [1.807, 2.05) is 0 Å². The Balaban J connectivity index is 1.04. The van der Waals surface area contributed by atoms with Gasteiger partial charge in [0.25, 0.3) is 0 Å². The van der Waals surface area contributed by atoms with Gasteiger partial charge in [0.2, 0.25) is 0 Å². The maximum atomic E-state index is 11.5. The lowest BCUT2D eigenvalue weighted by Crippen LogP contribution is -2.61. The fourth-order valence-electron chi connectivity index (χ4n) is 15.5. The molecule has 0 bridgehead atoms. The molecular weight excluding hydrogens is 852 g/mol. The molecule has 18 heteroatoms. The molecule has 3 saturated heterocycles. The van der Waals surface area contributed by atoms with Crippen LogP contribution in [0.1, 0.15) is 113 Å². The lowest BCUT2D eigenvalue weighted by Gasteiger charge is -2.63. The van der Waals surface area contributed by atoms with Gasteiger partial charge in [-0.3, -0.25) is 0 Å². The number of ether oxygens (including phenoxy) is 6. The van der Waals surface area contributed by atoms with Gasteiger partial charge in [0.05, 0.1) is 49.8 Å². The molecule has 0 radical (unpaired) electrons. The van der Waals surface area contributed by atoms with Gasteiger partial charge in [0, 0.05) is 5.41 Å². The monoisotopic (exact) mass is 933 g/mol. The van der Waals surface area contributed by atoms with E-state index in [0.717, 1.165) is 38.5 Å². The van der Waals surface area contributed by atoms with Crippen LogP contribution < -0.4 is 0 Å². The molecule has 376 valence electrons. The van der Waals surface area contributed by atoms with E-state index < -0.39 is 122 Å². The highest BCUT2D eigenvalue weighted by Gasteiger charge is 2.83. The number of aliphatic hydroxyl groups is 12. The van der Waals surface area contributed by atoms with Crippen molar-refractivity contribution in [1.29, 1.82) is 0 Å². The molecule has 0 aromatic heterocycles. The minimum Gasteiger partial charge on any atom is -0.396 e. The summed E-state index contributed by atoms with van der Waals surface area (Å²) in [6, 6.07) is 0. The van der Waals surface area contributed by atoms with Crippen molar-refractivity contribution >= 4 is 0 Å². The Kier molecular flexibility index (Phi) is 13.9. The zero-order chi connectivity index (χ0) is 47.6. The topological polar surface area (TPSA) is 298 Å². The first-order chi connectivity index (χ1) is 30.3. The van der Waals surface area contributed by atoms with Crippen LogP contribution in [-0.2, 0) is 28.4 Å². The summed E-state index contributed by atoms with van der Waals surface area (Å²) in [6.07, 6.45) is -13.9. The van der Waals surface area contributed by atoms with E-state index in [2.05, 4.69) is 27.7 Å². The summed E-state index contributed by atoms with van der Waals surface area (Å²) in [4.78, 5) is 0. The molecule has 26 atom stereocenters. The molecule has 8 aliphatic rings. The molecular formula is C47H80O18. The van der Waals surface area contributed by atoms with Crippen LogP contribution in [0.2, 0.25) is 0 Å². The number of hydrogen-bond acceptors (Lipinski definition) is 18.